The normalized spacial score (nSPS) is 14.8. The second-order valence-corrected chi connectivity index (χ2v) is 13.1. The van der Waals surface area contributed by atoms with Gasteiger partial charge in [-0.1, -0.05) is 36.2 Å². The fourth-order valence-electron chi connectivity index (χ4n) is 4.21. The van der Waals surface area contributed by atoms with E-state index in [1.807, 2.05) is 31.2 Å². The summed E-state index contributed by atoms with van der Waals surface area (Å²) in [6, 6.07) is 20.1. The van der Waals surface area contributed by atoms with Gasteiger partial charge >= 0.3 is 0 Å². The molecule has 3 aromatic rings. The molecular weight excluding hydrogens is 510 g/mol. The molecule has 4 rings (SSSR count). The summed E-state index contributed by atoms with van der Waals surface area (Å²) in [6.45, 7) is 3.20. The van der Waals surface area contributed by atoms with Crippen molar-refractivity contribution in [2.24, 2.45) is 0 Å². The molecule has 0 spiro atoms. The second kappa shape index (κ2) is 11.0. The molecule has 37 heavy (non-hydrogen) atoms. The predicted octanol–water partition coefficient (Wildman–Crippen LogP) is 4.39. The van der Waals surface area contributed by atoms with E-state index >= 15 is 0 Å². The number of hydrogen-bond donors (Lipinski definition) is 1. The van der Waals surface area contributed by atoms with Crippen LogP contribution in [0.1, 0.15) is 40.7 Å². The van der Waals surface area contributed by atoms with Gasteiger partial charge in [-0.25, -0.2) is 16.8 Å². The Hall–Kier alpha value is -3.21. The van der Waals surface area contributed by atoms with Gasteiger partial charge < -0.3 is 5.32 Å². The molecule has 0 radical (unpaired) electrons. The molecule has 0 aromatic heterocycles. The summed E-state index contributed by atoms with van der Waals surface area (Å²) >= 11 is 0. The fraction of sp³-hybridized carbons (Fsp3) is 0.296. The van der Waals surface area contributed by atoms with Gasteiger partial charge in [0.05, 0.1) is 23.4 Å². The number of anilines is 2. The lowest BCUT2D eigenvalue weighted by Crippen LogP contribution is -2.35. The average molecular weight is 542 g/mol. The number of piperidine rings is 1. The van der Waals surface area contributed by atoms with Gasteiger partial charge in [0.25, 0.3) is 5.91 Å². The number of hydrogen-bond acceptors (Lipinski definition) is 5. The zero-order valence-electron chi connectivity index (χ0n) is 20.9. The molecule has 0 aliphatic carbocycles. The van der Waals surface area contributed by atoms with Gasteiger partial charge in [-0.2, -0.15) is 4.31 Å². The molecule has 1 aliphatic rings. The van der Waals surface area contributed by atoms with E-state index in [2.05, 4.69) is 5.32 Å². The van der Waals surface area contributed by atoms with Gasteiger partial charge in [0.1, 0.15) is 0 Å². The molecule has 3 aromatic carbocycles. The summed E-state index contributed by atoms with van der Waals surface area (Å²) in [6.07, 6.45) is 3.91. The van der Waals surface area contributed by atoms with Crippen molar-refractivity contribution in [3.05, 3.63) is 89.5 Å². The van der Waals surface area contributed by atoms with Crippen LogP contribution in [0, 0.1) is 6.92 Å². The Morgan fingerprint density at radius 3 is 2.00 bits per heavy atom. The van der Waals surface area contributed by atoms with Crippen molar-refractivity contribution in [2.75, 3.05) is 29.0 Å². The Balaban J connectivity index is 1.45. The van der Waals surface area contributed by atoms with E-state index in [-0.39, 0.29) is 17.3 Å². The first kappa shape index (κ1) is 26.8. The maximum Gasteiger partial charge on any atom is 0.255 e. The second-order valence-electron chi connectivity index (χ2n) is 9.25. The third kappa shape index (κ3) is 6.57. The van der Waals surface area contributed by atoms with E-state index in [1.165, 1.54) is 20.7 Å². The third-order valence-corrected chi connectivity index (χ3v) is 9.38. The molecule has 8 nitrogen and oxygen atoms in total. The summed E-state index contributed by atoms with van der Waals surface area (Å²) in [5.74, 6) is -0.386. The number of benzene rings is 3. The average Bonchev–Trinajstić information content (AvgIpc) is 2.88. The largest absolute Gasteiger partial charge is 0.322 e. The summed E-state index contributed by atoms with van der Waals surface area (Å²) in [7, 11) is -7.09. The lowest BCUT2D eigenvalue weighted by Gasteiger charge is -2.25. The Morgan fingerprint density at radius 1 is 0.838 bits per heavy atom. The lowest BCUT2D eigenvalue weighted by atomic mass is 10.1. The van der Waals surface area contributed by atoms with Crippen LogP contribution in [0.3, 0.4) is 0 Å². The molecule has 1 heterocycles. The molecule has 1 saturated heterocycles. The number of nitrogens with zero attached hydrogens (tertiary/aromatic N) is 2. The third-order valence-electron chi connectivity index (χ3n) is 6.33. The van der Waals surface area contributed by atoms with Crippen molar-refractivity contribution in [1.82, 2.24) is 4.31 Å². The van der Waals surface area contributed by atoms with Gasteiger partial charge in [0, 0.05) is 24.3 Å². The Morgan fingerprint density at radius 2 is 1.43 bits per heavy atom. The molecule has 1 amide bonds. The van der Waals surface area contributed by atoms with Gasteiger partial charge in [0.15, 0.2) is 0 Å². The van der Waals surface area contributed by atoms with Gasteiger partial charge in [-0.3, -0.25) is 9.10 Å². The van der Waals surface area contributed by atoms with Crippen LogP contribution in [-0.4, -0.2) is 46.4 Å². The summed E-state index contributed by atoms with van der Waals surface area (Å²) in [5, 5.41) is 2.76. The SMILES string of the molecule is Cc1ccc(CN(c2ccc(C(=O)Nc3ccc(S(=O)(=O)N4CCCCC4)cc3)cc2)S(C)(=O)=O)cc1. The van der Waals surface area contributed by atoms with Gasteiger partial charge in [-0.15, -0.1) is 0 Å². The summed E-state index contributed by atoms with van der Waals surface area (Å²) in [4.78, 5) is 13.0. The number of carbonyl (C=O) groups is 1. The summed E-state index contributed by atoms with van der Waals surface area (Å²) in [5.41, 5.74) is 3.19. The van der Waals surface area contributed by atoms with Crippen LogP contribution in [0.4, 0.5) is 11.4 Å². The van der Waals surface area contributed by atoms with Crippen molar-refractivity contribution >= 4 is 37.3 Å². The number of amides is 1. The maximum absolute atomic E-state index is 12.8. The summed E-state index contributed by atoms with van der Waals surface area (Å²) < 4.78 is 53.4. The monoisotopic (exact) mass is 541 g/mol. The number of nitrogens with one attached hydrogen (secondary N) is 1. The molecule has 1 N–H and O–H groups in total. The zero-order valence-corrected chi connectivity index (χ0v) is 22.6. The van der Waals surface area contributed by atoms with Gasteiger partial charge in [-0.05, 0) is 73.9 Å². The first-order valence-electron chi connectivity index (χ1n) is 12.1. The zero-order chi connectivity index (χ0) is 26.6. The molecule has 1 fully saturated rings. The number of aryl methyl sites for hydroxylation is 1. The van der Waals surface area contributed by atoms with Crippen LogP contribution in [0.5, 0.6) is 0 Å². The molecule has 0 unspecified atom stereocenters. The molecule has 1 aliphatic heterocycles. The highest BCUT2D eigenvalue weighted by molar-refractivity contribution is 7.92. The highest BCUT2D eigenvalue weighted by Crippen LogP contribution is 2.24. The first-order chi connectivity index (χ1) is 17.5. The van der Waals surface area contributed by atoms with E-state index in [0.717, 1.165) is 36.6 Å². The number of rotatable bonds is 8. The van der Waals surface area contributed by atoms with Crippen LogP contribution in [0.2, 0.25) is 0 Å². The molecule has 0 saturated carbocycles. The Labute approximate surface area is 219 Å². The number of carbonyl (C=O) groups excluding carboxylic acids is 1. The molecule has 0 atom stereocenters. The minimum Gasteiger partial charge on any atom is -0.322 e. The van der Waals surface area contributed by atoms with Crippen LogP contribution < -0.4 is 9.62 Å². The minimum atomic E-state index is -3.55. The minimum absolute atomic E-state index is 0.178. The van der Waals surface area contributed by atoms with E-state index < -0.39 is 20.0 Å². The molecular formula is C27H31N3O5S2. The molecule has 0 bridgehead atoms. The number of sulfonamides is 2. The van der Waals surface area contributed by atoms with Crippen LogP contribution in [0.15, 0.2) is 77.7 Å². The van der Waals surface area contributed by atoms with E-state index in [4.69, 9.17) is 0 Å². The lowest BCUT2D eigenvalue weighted by molar-refractivity contribution is 0.102. The van der Waals surface area contributed by atoms with Crippen LogP contribution in [-0.2, 0) is 26.6 Å². The first-order valence-corrected chi connectivity index (χ1v) is 15.4. The van der Waals surface area contributed by atoms with Crippen molar-refractivity contribution in [3.8, 4) is 0 Å². The van der Waals surface area contributed by atoms with Crippen LogP contribution >= 0.6 is 0 Å². The van der Waals surface area contributed by atoms with Gasteiger partial charge in [0.2, 0.25) is 20.0 Å². The quantitative estimate of drug-likeness (QED) is 0.456. The fourth-order valence-corrected chi connectivity index (χ4v) is 6.61. The highest BCUT2D eigenvalue weighted by Gasteiger charge is 2.26. The maximum atomic E-state index is 12.8. The standard InChI is InChI=1S/C27H31N3O5S2/c1-21-6-8-22(9-7-21)20-30(36(2,32)33)25-14-10-23(11-15-25)27(31)28-24-12-16-26(17-13-24)37(34,35)29-18-4-3-5-19-29/h6-17H,3-5,18-20H2,1-2H3,(H,28,31). The smallest absolute Gasteiger partial charge is 0.255 e. The molecule has 10 heteroatoms. The predicted molar refractivity (Wildman–Crippen MR) is 146 cm³/mol. The van der Waals surface area contributed by atoms with Crippen molar-refractivity contribution in [2.45, 2.75) is 37.6 Å². The van der Waals surface area contributed by atoms with E-state index in [9.17, 15) is 21.6 Å². The van der Waals surface area contributed by atoms with Crippen molar-refractivity contribution in [1.29, 1.82) is 0 Å². The topological polar surface area (TPSA) is 104 Å². The molecule has 196 valence electrons. The highest BCUT2D eigenvalue weighted by atomic mass is 32.2. The van der Waals surface area contributed by atoms with E-state index in [1.54, 1.807) is 36.4 Å². The van der Waals surface area contributed by atoms with Crippen molar-refractivity contribution in [3.63, 3.8) is 0 Å². The Bertz CT molecular complexity index is 1450. The van der Waals surface area contributed by atoms with Crippen LogP contribution in [0.25, 0.3) is 0 Å². The van der Waals surface area contributed by atoms with Crippen molar-refractivity contribution < 1.29 is 21.6 Å². The Kier molecular flexibility index (Phi) is 8.01. The van der Waals surface area contributed by atoms with E-state index in [0.29, 0.717) is 30.0 Å².